The molecule has 3 rings (SSSR count). The number of aromatic nitrogens is 2. The first-order chi connectivity index (χ1) is 10.1. The first kappa shape index (κ1) is 14.2. The van der Waals surface area contributed by atoms with Crippen molar-refractivity contribution in [3.63, 3.8) is 0 Å². The van der Waals surface area contributed by atoms with Crippen molar-refractivity contribution in [1.29, 1.82) is 0 Å². The van der Waals surface area contributed by atoms with Crippen molar-refractivity contribution < 1.29 is 4.79 Å². The predicted octanol–water partition coefficient (Wildman–Crippen LogP) is 4.20. The van der Waals surface area contributed by atoms with Gasteiger partial charge in [0.25, 0.3) is 0 Å². The number of halogens is 1. The van der Waals surface area contributed by atoms with Crippen LogP contribution in [0.5, 0.6) is 0 Å². The Hall–Kier alpha value is -1.78. The van der Waals surface area contributed by atoms with Crippen molar-refractivity contribution in [2.75, 3.05) is 5.75 Å². The van der Waals surface area contributed by atoms with E-state index in [0.717, 1.165) is 16.2 Å². The number of hydrogen-bond donors (Lipinski definition) is 0. The largest absolute Gasteiger partial charge is 0.322 e. The summed E-state index contributed by atoms with van der Waals surface area (Å²) >= 11 is 7.35. The number of thioether (sulfide) groups is 1. The molecule has 0 N–H and O–H groups in total. The zero-order valence-corrected chi connectivity index (χ0v) is 13.0. The molecule has 0 radical (unpaired) electrons. The Labute approximate surface area is 131 Å². The van der Waals surface area contributed by atoms with Crippen LogP contribution in [0.15, 0.2) is 53.7 Å². The summed E-state index contributed by atoms with van der Waals surface area (Å²) in [7, 11) is 1.96. The number of Topliss-reactive ketones (excluding diaryl/α,β-unsaturated/α-hetero) is 1. The molecule has 3 nitrogen and oxygen atoms in total. The number of imidazole rings is 1. The van der Waals surface area contributed by atoms with E-state index in [-0.39, 0.29) is 5.78 Å². The summed E-state index contributed by atoms with van der Waals surface area (Å²) in [4.78, 5) is 16.7. The maximum absolute atomic E-state index is 12.2. The van der Waals surface area contributed by atoms with Crippen LogP contribution in [0.3, 0.4) is 0 Å². The maximum atomic E-state index is 12.2. The molecule has 0 unspecified atom stereocenters. The van der Waals surface area contributed by atoms with E-state index in [1.54, 1.807) is 24.3 Å². The van der Waals surface area contributed by atoms with E-state index in [1.165, 1.54) is 11.8 Å². The van der Waals surface area contributed by atoms with Crippen molar-refractivity contribution in [2.24, 2.45) is 7.05 Å². The molecule has 1 heterocycles. The van der Waals surface area contributed by atoms with E-state index in [4.69, 9.17) is 11.6 Å². The summed E-state index contributed by atoms with van der Waals surface area (Å²) < 4.78 is 2.01. The number of para-hydroxylation sites is 2. The van der Waals surface area contributed by atoms with Crippen LogP contribution < -0.4 is 0 Å². The summed E-state index contributed by atoms with van der Waals surface area (Å²) in [5.74, 6) is 0.395. The molecule has 106 valence electrons. The lowest BCUT2D eigenvalue weighted by Gasteiger charge is -2.02. The van der Waals surface area contributed by atoms with Gasteiger partial charge in [0.1, 0.15) is 0 Å². The van der Waals surface area contributed by atoms with E-state index in [2.05, 4.69) is 4.98 Å². The van der Waals surface area contributed by atoms with Crippen LogP contribution in [0.4, 0.5) is 0 Å². The average Bonchev–Trinajstić information content (AvgIpc) is 2.82. The Morgan fingerprint density at radius 2 is 2.05 bits per heavy atom. The molecular weight excluding hydrogens is 304 g/mol. The molecule has 1 aromatic heterocycles. The highest BCUT2D eigenvalue weighted by atomic mass is 35.5. The standard InChI is InChI=1S/C16H13ClN2OS/c1-19-14-8-3-2-7-13(14)18-16(19)21-10-15(20)11-5-4-6-12(17)9-11/h2-9H,10H2,1H3. The number of hydrogen-bond acceptors (Lipinski definition) is 3. The van der Waals surface area contributed by atoms with Gasteiger partial charge in [-0.1, -0.05) is 47.6 Å². The van der Waals surface area contributed by atoms with Crippen LogP contribution in [0, 0.1) is 0 Å². The fourth-order valence-electron chi connectivity index (χ4n) is 2.13. The summed E-state index contributed by atoms with van der Waals surface area (Å²) in [6.45, 7) is 0. The van der Waals surface area contributed by atoms with Gasteiger partial charge < -0.3 is 4.57 Å². The second-order valence-electron chi connectivity index (χ2n) is 4.66. The highest BCUT2D eigenvalue weighted by Gasteiger charge is 2.11. The third-order valence-corrected chi connectivity index (χ3v) is 4.49. The highest BCUT2D eigenvalue weighted by Crippen LogP contribution is 2.23. The lowest BCUT2D eigenvalue weighted by molar-refractivity contribution is 0.102. The summed E-state index contributed by atoms with van der Waals surface area (Å²) in [5, 5.41) is 1.42. The number of ketones is 1. The number of fused-ring (bicyclic) bond motifs is 1. The van der Waals surface area contributed by atoms with Crippen LogP contribution in [0.25, 0.3) is 11.0 Å². The second kappa shape index (κ2) is 5.92. The second-order valence-corrected chi connectivity index (χ2v) is 6.04. The lowest BCUT2D eigenvalue weighted by Crippen LogP contribution is -2.03. The highest BCUT2D eigenvalue weighted by molar-refractivity contribution is 7.99. The van der Waals surface area contributed by atoms with Gasteiger partial charge in [0.2, 0.25) is 0 Å². The van der Waals surface area contributed by atoms with Gasteiger partial charge in [0.15, 0.2) is 10.9 Å². The molecular formula is C16H13ClN2OS. The van der Waals surface area contributed by atoms with E-state index < -0.39 is 0 Å². The first-order valence-electron chi connectivity index (χ1n) is 6.48. The molecule has 0 bridgehead atoms. The number of aryl methyl sites for hydroxylation is 1. The molecule has 0 saturated carbocycles. The molecule has 0 spiro atoms. The molecule has 0 amide bonds. The zero-order chi connectivity index (χ0) is 14.8. The molecule has 0 saturated heterocycles. The minimum absolute atomic E-state index is 0.0505. The third-order valence-electron chi connectivity index (χ3n) is 3.23. The zero-order valence-electron chi connectivity index (χ0n) is 11.4. The molecule has 0 aliphatic heterocycles. The van der Waals surface area contributed by atoms with Crippen LogP contribution >= 0.6 is 23.4 Å². The smallest absolute Gasteiger partial charge is 0.173 e. The van der Waals surface area contributed by atoms with Gasteiger partial charge in [-0.3, -0.25) is 4.79 Å². The molecule has 0 atom stereocenters. The third kappa shape index (κ3) is 2.96. The normalized spacial score (nSPS) is 11.0. The minimum Gasteiger partial charge on any atom is -0.322 e. The summed E-state index contributed by atoms with van der Waals surface area (Å²) in [5.41, 5.74) is 2.64. The first-order valence-corrected chi connectivity index (χ1v) is 7.84. The molecule has 0 aliphatic carbocycles. The van der Waals surface area contributed by atoms with Crippen LogP contribution in [-0.4, -0.2) is 21.1 Å². The molecule has 21 heavy (non-hydrogen) atoms. The Morgan fingerprint density at radius 1 is 1.24 bits per heavy atom. The molecule has 3 aromatic rings. The quantitative estimate of drug-likeness (QED) is 0.534. The lowest BCUT2D eigenvalue weighted by atomic mass is 10.1. The average molecular weight is 317 g/mol. The van der Waals surface area contributed by atoms with Crippen LogP contribution in [0.2, 0.25) is 5.02 Å². The topological polar surface area (TPSA) is 34.9 Å². The van der Waals surface area contributed by atoms with Gasteiger partial charge in [-0.25, -0.2) is 4.98 Å². The Kier molecular flexibility index (Phi) is 3.99. The van der Waals surface area contributed by atoms with E-state index in [9.17, 15) is 4.79 Å². The predicted molar refractivity (Wildman–Crippen MR) is 87.2 cm³/mol. The fourth-order valence-corrected chi connectivity index (χ4v) is 3.20. The molecule has 0 fully saturated rings. The Bertz CT molecular complexity index is 813. The number of carbonyl (C=O) groups is 1. The SMILES string of the molecule is Cn1c(SCC(=O)c2cccc(Cl)c2)nc2ccccc21. The minimum atomic E-state index is 0.0505. The van der Waals surface area contributed by atoms with Crippen molar-refractivity contribution >= 4 is 40.2 Å². The van der Waals surface area contributed by atoms with Gasteiger partial charge >= 0.3 is 0 Å². The van der Waals surface area contributed by atoms with Crippen molar-refractivity contribution in [3.05, 3.63) is 59.1 Å². The molecule has 5 heteroatoms. The van der Waals surface area contributed by atoms with Crippen molar-refractivity contribution in [1.82, 2.24) is 9.55 Å². The van der Waals surface area contributed by atoms with Gasteiger partial charge in [-0.15, -0.1) is 0 Å². The number of rotatable bonds is 4. The van der Waals surface area contributed by atoms with Crippen LogP contribution in [-0.2, 0) is 7.05 Å². The van der Waals surface area contributed by atoms with E-state index >= 15 is 0 Å². The van der Waals surface area contributed by atoms with Gasteiger partial charge in [-0.05, 0) is 24.3 Å². The molecule has 0 aliphatic rings. The maximum Gasteiger partial charge on any atom is 0.173 e. The number of carbonyl (C=O) groups excluding carboxylic acids is 1. The Morgan fingerprint density at radius 3 is 2.81 bits per heavy atom. The van der Waals surface area contributed by atoms with Gasteiger partial charge in [0.05, 0.1) is 16.8 Å². The van der Waals surface area contributed by atoms with Gasteiger partial charge in [-0.2, -0.15) is 0 Å². The van der Waals surface area contributed by atoms with Crippen molar-refractivity contribution in [2.45, 2.75) is 5.16 Å². The Balaban J connectivity index is 1.77. The van der Waals surface area contributed by atoms with Crippen LogP contribution in [0.1, 0.15) is 10.4 Å². The van der Waals surface area contributed by atoms with E-state index in [0.29, 0.717) is 16.3 Å². The number of benzene rings is 2. The van der Waals surface area contributed by atoms with Crippen molar-refractivity contribution in [3.8, 4) is 0 Å². The summed E-state index contributed by atoms with van der Waals surface area (Å²) in [6, 6.07) is 15.0. The summed E-state index contributed by atoms with van der Waals surface area (Å²) in [6.07, 6.45) is 0. The number of nitrogens with zero attached hydrogens (tertiary/aromatic N) is 2. The fraction of sp³-hybridized carbons (Fsp3) is 0.125. The van der Waals surface area contributed by atoms with Gasteiger partial charge in [0, 0.05) is 17.6 Å². The molecule has 2 aromatic carbocycles. The van der Waals surface area contributed by atoms with E-state index in [1.807, 2.05) is 35.9 Å². The monoisotopic (exact) mass is 316 g/mol.